The minimum atomic E-state index is 0.356. The lowest BCUT2D eigenvalue weighted by atomic mass is 10.1. The Morgan fingerprint density at radius 1 is 1.23 bits per heavy atom. The van der Waals surface area contributed by atoms with Gasteiger partial charge in [-0.2, -0.15) is 4.98 Å². The van der Waals surface area contributed by atoms with Crippen molar-refractivity contribution >= 4 is 17.5 Å². The second-order valence-electron chi connectivity index (χ2n) is 5.82. The molecule has 2 heterocycles. The predicted octanol–water partition coefficient (Wildman–Crippen LogP) is 2.19. The average molecular weight is 306 g/mol. The number of rotatable bonds is 8. The summed E-state index contributed by atoms with van der Waals surface area (Å²) in [6.07, 6.45) is 6.70. The van der Waals surface area contributed by atoms with Gasteiger partial charge in [-0.25, -0.2) is 4.98 Å². The molecule has 1 aliphatic rings. The molecule has 124 valence electrons. The first kappa shape index (κ1) is 16.8. The highest BCUT2D eigenvalue weighted by molar-refractivity contribution is 5.66. The maximum atomic E-state index is 5.78. The van der Waals surface area contributed by atoms with E-state index in [1.165, 1.54) is 19.3 Å². The fraction of sp³-hybridized carbons (Fsp3) is 0.750. The molecule has 2 rings (SSSR count). The Balaban J connectivity index is 1.92. The smallest absolute Gasteiger partial charge is 0.222 e. The van der Waals surface area contributed by atoms with Crippen molar-refractivity contribution in [1.29, 1.82) is 0 Å². The van der Waals surface area contributed by atoms with Crippen LogP contribution in [0.5, 0.6) is 0 Å². The quantitative estimate of drug-likeness (QED) is 0.718. The van der Waals surface area contributed by atoms with E-state index in [2.05, 4.69) is 38.9 Å². The van der Waals surface area contributed by atoms with E-state index in [9.17, 15) is 0 Å². The van der Waals surface area contributed by atoms with Gasteiger partial charge >= 0.3 is 0 Å². The van der Waals surface area contributed by atoms with E-state index in [0.29, 0.717) is 5.95 Å². The first-order valence-electron chi connectivity index (χ1n) is 8.58. The van der Waals surface area contributed by atoms with Crippen LogP contribution in [0.3, 0.4) is 0 Å². The Morgan fingerprint density at radius 2 is 1.95 bits per heavy atom. The van der Waals surface area contributed by atoms with Crippen LogP contribution in [-0.4, -0.2) is 54.1 Å². The summed E-state index contributed by atoms with van der Waals surface area (Å²) in [5.41, 5.74) is 6.79. The molecule has 0 spiro atoms. The van der Waals surface area contributed by atoms with Crippen LogP contribution in [0.2, 0.25) is 0 Å². The monoisotopic (exact) mass is 306 g/mol. The number of anilines is 3. The third-order valence-electron chi connectivity index (χ3n) is 4.30. The second kappa shape index (κ2) is 8.78. The molecule has 0 unspecified atom stereocenters. The van der Waals surface area contributed by atoms with Crippen molar-refractivity contribution in [2.24, 2.45) is 0 Å². The summed E-state index contributed by atoms with van der Waals surface area (Å²) >= 11 is 0. The minimum absolute atomic E-state index is 0.356. The van der Waals surface area contributed by atoms with E-state index in [1.54, 1.807) is 0 Å². The summed E-state index contributed by atoms with van der Waals surface area (Å²) in [5, 5.41) is 3.49. The molecular formula is C16H30N6. The van der Waals surface area contributed by atoms with Gasteiger partial charge < -0.3 is 20.9 Å². The maximum Gasteiger partial charge on any atom is 0.222 e. The third-order valence-corrected chi connectivity index (χ3v) is 4.30. The van der Waals surface area contributed by atoms with Crippen LogP contribution in [0.15, 0.2) is 6.20 Å². The number of hydrogen-bond donors (Lipinski definition) is 2. The Kier molecular flexibility index (Phi) is 6.71. The number of nitrogens with zero attached hydrogens (tertiary/aromatic N) is 4. The number of aromatic nitrogens is 2. The van der Waals surface area contributed by atoms with Crippen LogP contribution < -0.4 is 16.0 Å². The molecule has 1 fully saturated rings. The van der Waals surface area contributed by atoms with E-state index in [4.69, 9.17) is 5.73 Å². The number of nitrogen functional groups attached to an aromatic ring is 1. The molecule has 1 aromatic heterocycles. The van der Waals surface area contributed by atoms with Crippen molar-refractivity contribution in [2.45, 2.75) is 39.5 Å². The predicted molar refractivity (Wildman–Crippen MR) is 93.4 cm³/mol. The summed E-state index contributed by atoms with van der Waals surface area (Å²) in [4.78, 5) is 13.4. The second-order valence-corrected chi connectivity index (χ2v) is 5.82. The molecule has 0 aliphatic carbocycles. The van der Waals surface area contributed by atoms with Crippen LogP contribution in [0.25, 0.3) is 0 Å². The Morgan fingerprint density at radius 3 is 2.64 bits per heavy atom. The summed E-state index contributed by atoms with van der Waals surface area (Å²) in [5.74, 6) is 1.32. The zero-order chi connectivity index (χ0) is 15.8. The lowest BCUT2D eigenvalue weighted by Crippen LogP contribution is -2.31. The van der Waals surface area contributed by atoms with E-state index in [1.807, 2.05) is 6.20 Å². The molecule has 0 saturated carbocycles. The Bertz CT molecular complexity index is 440. The van der Waals surface area contributed by atoms with Gasteiger partial charge in [0.1, 0.15) is 0 Å². The molecule has 22 heavy (non-hydrogen) atoms. The summed E-state index contributed by atoms with van der Waals surface area (Å²) < 4.78 is 0. The largest absolute Gasteiger partial charge is 0.381 e. The molecule has 1 aliphatic heterocycles. The highest BCUT2D eigenvalue weighted by atomic mass is 15.2. The first-order chi connectivity index (χ1) is 10.7. The summed E-state index contributed by atoms with van der Waals surface area (Å²) in [6, 6.07) is 0. The van der Waals surface area contributed by atoms with Gasteiger partial charge in [-0.3, -0.25) is 0 Å². The van der Waals surface area contributed by atoms with Crippen LogP contribution in [-0.2, 0) is 0 Å². The van der Waals surface area contributed by atoms with Gasteiger partial charge in [0, 0.05) is 19.6 Å². The molecular weight excluding hydrogens is 276 g/mol. The van der Waals surface area contributed by atoms with Gasteiger partial charge in [0.05, 0.1) is 11.9 Å². The Labute approximate surface area is 134 Å². The van der Waals surface area contributed by atoms with Crippen LogP contribution in [0.4, 0.5) is 17.5 Å². The molecule has 1 aromatic rings. The molecule has 0 aromatic carbocycles. The molecule has 1 saturated heterocycles. The highest BCUT2D eigenvalue weighted by Gasteiger charge is 2.16. The van der Waals surface area contributed by atoms with Crippen molar-refractivity contribution < 1.29 is 0 Å². The third kappa shape index (κ3) is 4.73. The number of nitrogens with one attached hydrogen (secondary N) is 1. The van der Waals surface area contributed by atoms with Gasteiger partial charge in [0.2, 0.25) is 5.95 Å². The van der Waals surface area contributed by atoms with E-state index in [0.717, 1.165) is 57.2 Å². The zero-order valence-electron chi connectivity index (χ0n) is 14.0. The molecule has 6 heteroatoms. The van der Waals surface area contributed by atoms with Gasteiger partial charge in [-0.15, -0.1) is 0 Å². The Hall–Kier alpha value is -1.56. The molecule has 0 amide bonds. The topological polar surface area (TPSA) is 70.3 Å². The van der Waals surface area contributed by atoms with E-state index < -0.39 is 0 Å². The van der Waals surface area contributed by atoms with Crippen LogP contribution in [0.1, 0.15) is 39.5 Å². The molecule has 6 nitrogen and oxygen atoms in total. The average Bonchev–Trinajstić information content (AvgIpc) is 2.57. The molecule has 3 N–H and O–H groups in total. The van der Waals surface area contributed by atoms with E-state index in [-0.39, 0.29) is 0 Å². The number of hydrogen-bond acceptors (Lipinski definition) is 6. The first-order valence-corrected chi connectivity index (χ1v) is 8.58. The van der Waals surface area contributed by atoms with Crippen molar-refractivity contribution in [1.82, 2.24) is 14.9 Å². The number of nitrogens with two attached hydrogens (primary N) is 1. The molecule has 0 radical (unpaired) electrons. The van der Waals surface area contributed by atoms with Gasteiger partial charge in [0.25, 0.3) is 0 Å². The van der Waals surface area contributed by atoms with Crippen molar-refractivity contribution in [3.8, 4) is 0 Å². The normalized spacial score (nSPS) is 15.3. The van der Waals surface area contributed by atoms with Gasteiger partial charge in [-0.05, 0) is 45.3 Å². The fourth-order valence-electron chi connectivity index (χ4n) is 2.92. The van der Waals surface area contributed by atoms with Crippen LogP contribution in [0, 0.1) is 0 Å². The van der Waals surface area contributed by atoms with Crippen molar-refractivity contribution in [3.05, 3.63) is 6.20 Å². The fourth-order valence-corrected chi connectivity index (χ4v) is 2.92. The zero-order valence-corrected chi connectivity index (χ0v) is 14.0. The summed E-state index contributed by atoms with van der Waals surface area (Å²) in [6.45, 7) is 10.8. The SMILES string of the molecule is CCN(CC)CCCNc1cnc(N)nc1N1CCCCC1. The van der Waals surface area contributed by atoms with Gasteiger partial charge in [0.15, 0.2) is 5.82 Å². The summed E-state index contributed by atoms with van der Waals surface area (Å²) in [7, 11) is 0. The molecule has 0 bridgehead atoms. The van der Waals surface area contributed by atoms with Crippen LogP contribution >= 0.6 is 0 Å². The lowest BCUT2D eigenvalue weighted by molar-refractivity contribution is 0.303. The van der Waals surface area contributed by atoms with Crippen molar-refractivity contribution in [3.63, 3.8) is 0 Å². The molecule has 0 atom stereocenters. The highest BCUT2D eigenvalue weighted by Crippen LogP contribution is 2.26. The minimum Gasteiger partial charge on any atom is -0.381 e. The maximum absolute atomic E-state index is 5.78. The standard InChI is InChI=1S/C16H30N6/c1-3-21(4-2)10-8-9-18-14-13-19-16(17)20-15(14)22-11-6-5-7-12-22/h13,18H,3-12H2,1-2H3,(H2,17,19,20). The lowest BCUT2D eigenvalue weighted by Gasteiger charge is -2.29. The van der Waals surface area contributed by atoms with E-state index >= 15 is 0 Å². The van der Waals surface area contributed by atoms with Gasteiger partial charge in [-0.1, -0.05) is 13.8 Å². The number of piperidine rings is 1. The van der Waals surface area contributed by atoms with Crippen molar-refractivity contribution in [2.75, 3.05) is 55.2 Å².